The Bertz CT molecular complexity index is 1090. The SMILES string of the molecule is Cc1cccc(NS(=O)(=O)c2c(C)sc(C)c2-c2n[nH]c(C)c2C)c1C. The molecule has 26 heavy (non-hydrogen) atoms. The standard InChI is InChI=1S/C19H23N3O2S2/c1-10-8-7-9-16(11(10)2)22-26(23,24)19-15(6)25-14(5)17(19)18-12(3)13(4)20-21-18/h7-9,22H,1-6H3,(H,20,21). The molecule has 2 N–H and O–H groups in total. The highest BCUT2D eigenvalue weighted by Gasteiger charge is 2.29. The van der Waals surface area contributed by atoms with Crippen molar-refractivity contribution < 1.29 is 8.42 Å². The Morgan fingerprint density at radius 3 is 2.31 bits per heavy atom. The van der Waals surface area contributed by atoms with Gasteiger partial charge in [0.15, 0.2) is 0 Å². The number of nitrogens with one attached hydrogen (secondary N) is 2. The van der Waals surface area contributed by atoms with Crippen molar-refractivity contribution >= 4 is 27.0 Å². The predicted octanol–water partition coefficient (Wildman–Crippen LogP) is 4.79. The van der Waals surface area contributed by atoms with Crippen LogP contribution in [0.5, 0.6) is 0 Å². The van der Waals surface area contributed by atoms with Crippen LogP contribution < -0.4 is 4.72 Å². The van der Waals surface area contributed by atoms with E-state index in [2.05, 4.69) is 14.9 Å². The lowest BCUT2D eigenvalue weighted by atomic mass is 10.1. The number of nitrogens with zero attached hydrogens (tertiary/aromatic N) is 1. The normalized spacial score (nSPS) is 11.8. The summed E-state index contributed by atoms with van der Waals surface area (Å²) in [7, 11) is -3.74. The maximum Gasteiger partial charge on any atom is 0.263 e. The van der Waals surface area contributed by atoms with Crippen molar-refractivity contribution in [2.45, 2.75) is 46.4 Å². The van der Waals surface area contributed by atoms with E-state index in [0.29, 0.717) is 21.8 Å². The molecule has 0 atom stereocenters. The lowest BCUT2D eigenvalue weighted by Gasteiger charge is -2.13. The maximum atomic E-state index is 13.3. The molecule has 0 saturated carbocycles. The van der Waals surface area contributed by atoms with Crippen molar-refractivity contribution in [3.05, 3.63) is 50.3 Å². The van der Waals surface area contributed by atoms with Gasteiger partial charge in [0.25, 0.3) is 10.0 Å². The topological polar surface area (TPSA) is 74.8 Å². The number of aryl methyl sites for hydroxylation is 4. The highest BCUT2D eigenvalue weighted by atomic mass is 32.2. The predicted molar refractivity (Wildman–Crippen MR) is 108 cm³/mol. The number of aromatic nitrogens is 2. The van der Waals surface area contributed by atoms with E-state index in [-0.39, 0.29) is 0 Å². The highest BCUT2D eigenvalue weighted by molar-refractivity contribution is 7.93. The molecule has 0 amide bonds. The Hall–Kier alpha value is -2.12. The van der Waals surface area contributed by atoms with E-state index in [4.69, 9.17) is 0 Å². The first-order valence-corrected chi connectivity index (χ1v) is 10.6. The van der Waals surface area contributed by atoms with Crippen LogP contribution in [-0.2, 0) is 10.0 Å². The third kappa shape index (κ3) is 3.05. The summed E-state index contributed by atoms with van der Waals surface area (Å²) < 4.78 is 29.3. The average molecular weight is 390 g/mol. The molecule has 0 aliphatic carbocycles. The van der Waals surface area contributed by atoms with Crippen LogP contribution in [0.2, 0.25) is 0 Å². The smallest absolute Gasteiger partial charge is 0.263 e. The summed E-state index contributed by atoms with van der Waals surface area (Å²) in [6, 6.07) is 5.61. The monoisotopic (exact) mass is 389 g/mol. The second kappa shape index (κ2) is 6.55. The minimum Gasteiger partial charge on any atom is -0.282 e. The number of hydrogen-bond donors (Lipinski definition) is 2. The highest BCUT2D eigenvalue weighted by Crippen LogP contribution is 2.40. The zero-order chi connectivity index (χ0) is 19.2. The summed E-state index contributed by atoms with van der Waals surface area (Å²) in [4.78, 5) is 2.02. The first kappa shape index (κ1) is 18.7. The fourth-order valence-corrected chi connectivity index (χ4v) is 6.03. The van der Waals surface area contributed by atoms with E-state index in [9.17, 15) is 8.42 Å². The number of aromatic amines is 1. The zero-order valence-corrected chi connectivity index (χ0v) is 17.4. The Kier molecular flexibility index (Phi) is 4.71. The second-order valence-electron chi connectivity index (χ2n) is 6.59. The summed E-state index contributed by atoms with van der Waals surface area (Å²) in [6.45, 7) is 11.6. The molecule has 3 aromatic rings. The molecule has 0 aliphatic heterocycles. The lowest BCUT2D eigenvalue weighted by molar-refractivity contribution is 0.601. The van der Waals surface area contributed by atoms with Gasteiger partial charge in [0, 0.05) is 21.0 Å². The van der Waals surface area contributed by atoms with Gasteiger partial charge in [-0.1, -0.05) is 12.1 Å². The van der Waals surface area contributed by atoms with E-state index >= 15 is 0 Å². The summed E-state index contributed by atoms with van der Waals surface area (Å²) >= 11 is 1.48. The molecule has 0 fully saturated rings. The van der Waals surface area contributed by atoms with Gasteiger partial charge in [-0.15, -0.1) is 11.3 Å². The molecule has 0 saturated heterocycles. The Morgan fingerprint density at radius 1 is 1.00 bits per heavy atom. The molecule has 0 spiro atoms. The number of rotatable bonds is 4. The van der Waals surface area contributed by atoms with E-state index < -0.39 is 10.0 Å². The van der Waals surface area contributed by atoms with Crippen LogP contribution in [-0.4, -0.2) is 18.6 Å². The van der Waals surface area contributed by atoms with Gasteiger partial charge in [-0.25, -0.2) is 8.42 Å². The molecule has 3 rings (SSSR count). The number of benzene rings is 1. The minimum atomic E-state index is -3.74. The van der Waals surface area contributed by atoms with E-state index in [1.54, 1.807) is 6.07 Å². The quantitative estimate of drug-likeness (QED) is 0.674. The van der Waals surface area contributed by atoms with Gasteiger partial charge in [-0.2, -0.15) is 5.10 Å². The fraction of sp³-hybridized carbons (Fsp3) is 0.316. The minimum absolute atomic E-state index is 0.315. The van der Waals surface area contributed by atoms with Crippen molar-refractivity contribution in [1.29, 1.82) is 0 Å². The van der Waals surface area contributed by atoms with Gasteiger partial charge in [-0.05, 0) is 64.3 Å². The second-order valence-corrected chi connectivity index (χ2v) is 9.64. The Morgan fingerprint density at radius 2 is 1.69 bits per heavy atom. The molecular formula is C19H23N3O2S2. The van der Waals surface area contributed by atoms with Crippen LogP contribution in [0.1, 0.15) is 32.1 Å². The van der Waals surface area contributed by atoms with Crippen molar-refractivity contribution in [3.8, 4) is 11.3 Å². The van der Waals surface area contributed by atoms with Crippen LogP contribution >= 0.6 is 11.3 Å². The molecule has 0 aliphatic rings. The number of H-pyrrole nitrogens is 1. The van der Waals surface area contributed by atoms with Gasteiger partial charge in [-0.3, -0.25) is 9.82 Å². The molecule has 0 radical (unpaired) electrons. The van der Waals surface area contributed by atoms with Gasteiger partial charge >= 0.3 is 0 Å². The number of thiophene rings is 1. The summed E-state index contributed by atoms with van der Waals surface area (Å²) in [6.07, 6.45) is 0. The van der Waals surface area contributed by atoms with E-state index in [1.165, 1.54) is 11.3 Å². The Labute approximate surface area is 158 Å². The van der Waals surface area contributed by atoms with E-state index in [0.717, 1.165) is 32.1 Å². The van der Waals surface area contributed by atoms with Crippen LogP contribution in [0.15, 0.2) is 23.1 Å². The van der Waals surface area contributed by atoms with Crippen molar-refractivity contribution in [1.82, 2.24) is 10.2 Å². The number of sulfonamides is 1. The Balaban J connectivity index is 2.17. The van der Waals surface area contributed by atoms with Crippen LogP contribution in [0.3, 0.4) is 0 Å². The zero-order valence-electron chi connectivity index (χ0n) is 15.8. The third-order valence-corrected chi connectivity index (χ3v) is 7.50. The fourth-order valence-electron chi connectivity index (χ4n) is 3.05. The van der Waals surface area contributed by atoms with Gasteiger partial charge in [0.05, 0.1) is 11.4 Å². The molecule has 0 bridgehead atoms. The molecule has 1 aromatic carbocycles. The molecule has 5 nitrogen and oxygen atoms in total. The maximum absolute atomic E-state index is 13.3. The van der Waals surface area contributed by atoms with Crippen molar-refractivity contribution in [2.24, 2.45) is 0 Å². The average Bonchev–Trinajstić information content (AvgIpc) is 3.03. The van der Waals surface area contributed by atoms with Gasteiger partial charge < -0.3 is 0 Å². The molecule has 138 valence electrons. The van der Waals surface area contributed by atoms with Crippen molar-refractivity contribution in [2.75, 3.05) is 4.72 Å². The van der Waals surface area contributed by atoms with Crippen molar-refractivity contribution in [3.63, 3.8) is 0 Å². The molecule has 2 aromatic heterocycles. The molecule has 2 heterocycles. The van der Waals surface area contributed by atoms with Gasteiger partial charge in [0.2, 0.25) is 0 Å². The molecule has 7 heteroatoms. The summed E-state index contributed by atoms with van der Waals surface area (Å²) in [5.74, 6) is 0. The molecular weight excluding hydrogens is 366 g/mol. The summed E-state index contributed by atoms with van der Waals surface area (Å²) in [5.41, 5.74) is 5.87. The third-order valence-electron chi connectivity index (χ3n) is 4.81. The lowest BCUT2D eigenvalue weighted by Crippen LogP contribution is -2.15. The first-order valence-electron chi connectivity index (χ1n) is 8.34. The molecule has 0 unspecified atom stereocenters. The van der Waals surface area contributed by atoms with Crippen LogP contribution in [0.4, 0.5) is 5.69 Å². The van der Waals surface area contributed by atoms with Crippen LogP contribution in [0, 0.1) is 41.5 Å². The van der Waals surface area contributed by atoms with E-state index in [1.807, 2.05) is 53.7 Å². The van der Waals surface area contributed by atoms with Gasteiger partial charge in [0.1, 0.15) is 4.90 Å². The number of hydrogen-bond acceptors (Lipinski definition) is 4. The summed E-state index contributed by atoms with van der Waals surface area (Å²) in [5, 5.41) is 7.32. The first-order chi connectivity index (χ1) is 12.1. The largest absolute Gasteiger partial charge is 0.282 e. The van der Waals surface area contributed by atoms with Crippen LogP contribution in [0.25, 0.3) is 11.3 Å². The number of anilines is 1.